The molecular formula is C9H13NO3. The standard InChI is InChI=1S/C9H13NO3/c1-9(2,3)10(8(11)12)7-5-4-6-13-7/h4-6H,1-3H3,(H,11,12). The van der Waals surface area contributed by atoms with Crippen molar-refractivity contribution in [3.8, 4) is 0 Å². The maximum absolute atomic E-state index is 10.9. The lowest BCUT2D eigenvalue weighted by atomic mass is 10.1. The molecule has 1 amide bonds. The molecule has 0 aliphatic heterocycles. The zero-order chi connectivity index (χ0) is 10.1. The van der Waals surface area contributed by atoms with Crippen molar-refractivity contribution >= 4 is 12.0 Å². The predicted molar refractivity (Wildman–Crippen MR) is 49.0 cm³/mol. The van der Waals surface area contributed by atoms with E-state index in [9.17, 15) is 4.79 Å². The Morgan fingerprint density at radius 3 is 2.46 bits per heavy atom. The second-order valence-electron chi connectivity index (χ2n) is 3.74. The van der Waals surface area contributed by atoms with Crippen LogP contribution in [0.25, 0.3) is 0 Å². The fourth-order valence-corrected chi connectivity index (χ4v) is 1.11. The van der Waals surface area contributed by atoms with Crippen LogP contribution in [-0.4, -0.2) is 16.7 Å². The Balaban J connectivity index is 3.01. The molecule has 72 valence electrons. The fraction of sp³-hybridized carbons (Fsp3) is 0.444. The lowest BCUT2D eigenvalue weighted by Crippen LogP contribution is -2.44. The van der Waals surface area contributed by atoms with E-state index in [4.69, 9.17) is 9.52 Å². The van der Waals surface area contributed by atoms with Crippen molar-refractivity contribution in [2.45, 2.75) is 26.3 Å². The minimum absolute atomic E-state index is 0.347. The summed E-state index contributed by atoms with van der Waals surface area (Å²) >= 11 is 0. The highest BCUT2D eigenvalue weighted by atomic mass is 16.4. The van der Waals surface area contributed by atoms with Gasteiger partial charge in [0.15, 0.2) is 0 Å². The van der Waals surface area contributed by atoms with Crippen molar-refractivity contribution in [2.24, 2.45) is 0 Å². The molecule has 0 unspecified atom stereocenters. The van der Waals surface area contributed by atoms with E-state index in [-0.39, 0.29) is 0 Å². The summed E-state index contributed by atoms with van der Waals surface area (Å²) in [5.74, 6) is 0.347. The summed E-state index contributed by atoms with van der Waals surface area (Å²) < 4.78 is 5.03. The Bertz CT molecular complexity index is 284. The molecule has 0 radical (unpaired) electrons. The van der Waals surface area contributed by atoms with Gasteiger partial charge < -0.3 is 9.52 Å². The van der Waals surface area contributed by atoms with Crippen molar-refractivity contribution < 1.29 is 14.3 Å². The Hall–Kier alpha value is -1.45. The average Bonchev–Trinajstić information content (AvgIpc) is 2.34. The molecule has 0 spiro atoms. The van der Waals surface area contributed by atoms with Crippen LogP contribution in [0, 0.1) is 0 Å². The van der Waals surface area contributed by atoms with Crippen LogP contribution >= 0.6 is 0 Å². The van der Waals surface area contributed by atoms with E-state index in [1.807, 2.05) is 20.8 Å². The zero-order valence-corrected chi connectivity index (χ0v) is 7.94. The normalized spacial score (nSPS) is 11.3. The van der Waals surface area contributed by atoms with Crippen molar-refractivity contribution in [3.05, 3.63) is 18.4 Å². The Kier molecular flexibility index (Phi) is 2.32. The Labute approximate surface area is 76.8 Å². The van der Waals surface area contributed by atoms with Gasteiger partial charge in [-0.2, -0.15) is 0 Å². The molecule has 0 saturated carbocycles. The van der Waals surface area contributed by atoms with Crippen molar-refractivity contribution in [1.82, 2.24) is 0 Å². The maximum atomic E-state index is 10.9. The largest absolute Gasteiger partial charge is 0.465 e. The minimum atomic E-state index is -1.01. The smallest absolute Gasteiger partial charge is 0.414 e. The molecule has 4 heteroatoms. The van der Waals surface area contributed by atoms with Gasteiger partial charge in [-0.15, -0.1) is 0 Å². The summed E-state index contributed by atoms with van der Waals surface area (Å²) in [5.41, 5.74) is -0.496. The van der Waals surface area contributed by atoms with Crippen LogP contribution in [0.15, 0.2) is 22.8 Å². The summed E-state index contributed by atoms with van der Waals surface area (Å²) in [6.07, 6.45) is 0.444. The van der Waals surface area contributed by atoms with Crippen LogP contribution in [0.4, 0.5) is 10.7 Å². The van der Waals surface area contributed by atoms with Crippen molar-refractivity contribution in [1.29, 1.82) is 0 Å². The number of hydrogen-bond acceptors (Lipinski definition) is 2. The zero-order valence-electron chi connectivity index (χ0n) is 7.94. The monoisotopic (exact) mass is 183 g/mol. The van der Waals surface area contributed by atoms with Gasteiger partial charge in [0, 0.05) is 11.6 Å². The summed E-state index contributed by atoms with van der Waals surface area (Å²) in [5, 5.41) is 8.95. The number of anilines is 1. The molecule has 1 aromatic heterocycles. The summed E-state index contributed by atoms with van der Waals surface area (Å²) in [6.45, 7) is 5.43. The number of carbonyl (C=O) groups is 1. The van der Waals surface area contributed by atoms with Gasteiger partial charge in [-0.3, -0.25) is 0 Å². The quantitative estimate of drug-likeness (QED) is 0.727. The van der Waals surface area contributed by atoms with E-state index >= 15 is 0 Å². The number of nitrogens with zero attached hydrogens (tertiary/aromatic N) is 1. The van der Waals surface area contributed by atoms with E-state index < -0.39 is 11.6 Å². The van der Waals surface area contributed by atoms with Crippen LogP contribution < -0.4 is 4.90 Å². The number of hydrogen-bond donors (Lipinski definition) is 1. The lowest BCUT2D eigenvalue weighted by molar-refractivity contribution is 0.193. The molecule has 1 rings (SSSR count). The van der Waals surface area contributed by atoms with Gasteiger partial charge in [-0.05, 0) is 26.8 Å². The molecule has 0 saturated heterocycles. The highest BCUT2D eigenvalue weighted by Crippen LogP contribution is 2.23. The molecule has 4 nitrogen and oxygen atoms in total. The van der Waals surface area contributed by atoms with Gasteiger partial charge in [-0.25, -0.2) is 9.69 Å². The topological polar surface area (TPSA) is 53.7 Å². The first-order valence-electron chi connectivity index (χ1n) is 3.99. The molecule has 0 aliphatic rings. The van der Waals surface area contributed by atoms with Gasteiger partial charge in [0.1, 0.15) is 0 Å². The minimum Gasteiger partial charge on any atom is -0.465 e. The molecule has 0 aliphatic carbocycles. The van der Waals surface area contributed by atoms with Gasteiger partial charge in [0.05, 0.1) is 6.26 Å². The first-order valence-corrected chi connectivity index (χ1v) is 3.99. The number of furan rings is 1. The van der Waals surface area contributed by atoms with Crippen LogP contribution in [-0.2, 0) is 0 Å². The summed E-state index contributed by atoms with van der Waals surface area (Å²) in [7, 11) is 0. The van der Waals surface area contributed by atoms with E-state index in [0.717, 1.165) is 0 Å². The third-order valence-corrected chi connectivity index (χ3v) is 1.59. The molecule has 1 N–H and O–H groups in total. The first kappa shape index (κ1) is 9.64. The SMILES string of the molecule is CC(C)(C)N(C(=O)O)c1ccco1. The molecule has 0 bridgehead atoms. The first-order chi connectivity index (χ1) is 5.93. The Morgan fingerprint density at radius 1 is 1.54 bits per heavy atom. The highest BCUT2D eigenvalue weighted by Gasteiger charge is 2.29. The Morgan fingerprint density at radius 2 is 2.15 bits per heavy atom. The summed E-state index contributed by atoms with van der Waals surface area (Å²) in [6, 6.07) is 3.29. The van der Waals surface area contributed by atoms with E-state index in [2.05, 4.69) is 0 Å². The van der Waals surface area contributed by atoms with Crippen molar-refractivity contribution in [2.75, 3.05) is 4.90 Å². The van der Waals surface area contributed by atoms with Gasteiger partial charge in [-0.1, -0.05) is 0 Å². The predicted octanol–water partition coefficient (Wildman–Crippen LogP) is 2.56. The van der Waals surface area contributed by atoms with Crippen LogP contribution in [0.1, 0.15) is 20.8 Å². The molecular weight excluding hydrogens is 170 g/mol. The van der Waals surface area contributed by atoms with E-state index in [1.54, 1.807) is 12.1 Å². The third-order valence-electron chi connectivity index (χ3n) is 1.59. The van der Waals surface area contributed by atoms with Crippen molar-refractivity contribution in [3.63, 3.8) is 0 Å². The van der Waals surface area contributed by atoms with Crippen LogP contribution in [0.2, 0.25) is 0 Å². The molecule has 1 aromatic rings. The third kappa shape index (κ3) is 2.02. The molecule has 0 fully saturated rings. The van der Waals surface area contributed by atoms with E-state index in [1.165, 1.54) is 11.2 Å². The second-order valence-corrected chi connectivity index (χ2v) is 3.74. The number of rotatable bonds is 1. The maximum Gasteiger partial charge on any atom is 0.414 e. The fourth-order valence-electron chi connectivity index (χ4n) is 1.11. The van der Waals surface area contributed by atoms with Crippen LogP contribution in [0.3, 0.4) is 0 Å². The second kappa shape index (κ2) is 3.12. The van der Waals surface area contributed by atoms with Gasteiger partial charge in [0.25, 0.3) is 0 Å². The highest BCUT2D eigenvalue weighted by molar-refractivity contribution is 5.85. The average molecular weight is 183 g/mol. The van der Waals surface area contributed by atoms with Crippen LogP contribution in [0.5, 0.6) is 0 Å². The van der Waals surface area contributed by atoms with Gasteiger partial charge in [0.2, 0.25) is 5.88 Å². The number of carboxylic acid groups (broad SMARTS) is 1. The lowest BCUT2D eigenvalue weighted by Gasteiger charge is -2.30. The molecule has 0 atom stereocenters. The van der Waals surface area contributed by atoms with Gasteiger partial charge >= 0.3 is 6.09 Å². The summed E-state index contributed by atoms with van der Waals surface area (Å²) in [4.78, 5) is 12.1. The molecule has 0 aromatic carbocycles. The van der Waals surface area contributed by atoms with E-state index in [0.29, 0.717) is 5.88 Å². The number of amides is 1. The molecule has 1 heterocycles. The molecule has 13 heavy (non-hydrogen) atoms.